The van der Waals surface area contributed by atoms with Crippen LogP contribution in [0.3, 0.4) is 0 Å². The van der Waals surface area contributed by atoms with Gasteiger partial charge in [0.25, 0.3) is 0 Å². The number of nitrogens with zero attached hydrogens (tertiary/aromatic N) is 2. The second-order valence-electron chi connectivity index (χ2n) is 5.11. The first-order valence-corrected chi connectivity index (χ1v) is 7.74. The summed E-state index contributed by atoms with van der Waals surface area (Å²) in [6.45, 7) is 1.06. The molecule has 0 bridgehead atoms. The average molecular weight is 296 g/mol. The van der Waals surface area contributed by atoms with Crippen molar-refractivity contribution in [3.8, 4) is 0 Å². The highest BCUT2D eigenvalue weighted by molar-refractivity contribution is 7.09. The second-order valence-corrected chi connectivity index (χ2v) is 6.15. The zero-order valence-corrected chi connectivity index (χ0v) is 12.4. The molecule has 2 rings (SSSR count). The molecule has 1 aromatic heterocycles. The van der Waals surface area contributed by atoms with E-state index in [1.807, 2.05) is 17.5 Å². The van der Waals surface area contributed by atoms with Crippen LogP contribution in [-0.4, -0.2) is 46.5 Å². The molecule has 0 aromatic carbocycles. The van der Waals surface area contributed by atoms with Gasteiger partial charge >= 0.3 is 12.0 Å². The molecule has 0 saturated carbocycles. The van der Waals surface area contributed by atoms with Crippen LogP contribution in [-0.2, 0) is 11.3 Å². The Kier molecular flexibility index (Phi) is 5.00. The lowest BCUT2D eigenvalue weighted by Gasteiger charge is -2.31. The number of likely N-dealkylation sites (tertiary alicyclic amines) is 1. The standard InChI is InChI=1S/C14H20N2O3S/c1-15(10-11-6-5-9-20-11)14(19)16-8-4-2-3-7-12(16)13(17)18/h5-6,9,12H,2-4,7-8,10H2,1H3,(H,17,18). The summed E-state index contributed by atoms with van der Waals surface area (Å²) in [5, 5.41) is 11.3. The van der Waals surface area contributed by atoms with Crippen LogP contribution >= 0.6 is 11.3 Å². The van der Waals surface area contributed by atoms with Crippen LogP contribution in [0.2, 0.25) is 0 Å². The van der Waals surface area contributed by atoms with Crippen molar-refractivity contribution in [1.82, 2.24) is 9.80 Å². The summed E-state index contributed by atoms with van der Waals surface area (Å²) in [6.07, 6.45) is 3.29. The van der Waals surface area contributed by atoms with Crippen LogP contribution in [0.4, 0.5) is 4.79 Å². The highest BCUT2D eigenvalue weighted by atomic mass is 32.1. The van der Waals surface area contributed by atoms with Crippen LogP contribution < -0.4 is 0 Å². The van der Waals surface area contributed by atoms with E-state index in [9.17, 15) is 14.7 Å². The van der Waals surface area contributed by atoms with Crippen molar-refractivity contribution < 1.29 is 14.7 Å². The maximum atomic E-state index is 12.5. The average Bonchev–Trinajstić information content (AvgIpc) is 2.79. The molecule has 0 aliphatic carbocycles. The predicted molar refractivity (Wildman–Crippen MR) is 77.8 cm³/mol. The molecule has 6 heteroatoms. The Balaban J connectivity index is 2.05. The molecule has 5 nitrogen and oxygen atoms in total. The van der Waals surface area contributed by atoms with Crippen LogP contribution in [0.25, 0.3) is 0 Å². The fourth-order valence-corrected chi connectivity index (χ4v) is 3.27. The Morgan fingerprint density at radius 2 is 2.25 bits per heavy atom. The van der Waals surface area contributed by atoms with Gasteiger partial charge in [0.1, 0.15) is 6.04 Å². The van der Waals surface area contributed by atoms with Crippen molar-refractivity contribution in [3.63, 3.8) is 0 Å². The minimum atomic E-state index is -0.898. The van der Waals surface area contributed by atoms with Gasteiger partial charge in [-0.1, -0.05) is 18.9 Å². The number of carboxylic acids is 1. The van der Waals surface area contributed by atoms with E-state index in [0.717, 1.165) is 24.1 Å². The Labute approximate surface area is 122 Å². The lowest BCUT2D eigenvalue weighted by atomic mass is 10.1. The van der Waals surface area contributed by atoms with Gasteiger partial charge in [-0.05, 0) is 24.3 Å². The predicted octanol–water partition coefficient (Wildman–Crippen LogP) is 2.63. The number of amides is 2. The molecular formula is C14H20N2O3S. The van der Waals surface area contributed by atoms with Gasteiger partial charge in [-0.15, -0.1) is 11.3 Å². The van der Waals surface area contributed by atoms with Crippen LogP contribution in [0.15, 0.2) is 17.5 Å². The number of hydrogen-bond acceptors (Lipinski definition) is 3. The van der Waals surface area contributed by atoms with E-state index in [1.165, 1.54) is 4.90 Å². The molecule has 2 amide bonds. The van der Waals surface area contributed by atoms with Gasteiger partial charge < -0.3 is 14.9 Å². The smallest absolute Gasteiger partial charge is 0.326 e. The molecule has 20 heavy (non-hydrogen) atoms. The molecule has 0 spiro atoms. The molecule has 1 atom stereocenters. The Bertz CT molecular complexity index is 461. The van der Waals surface area contributed by atoms with Gasteiger partial charge in [0.2, 0.25) is 0 Å². The van der Waals surface area contributed by atoms with E-state index < -0.39 is 12.0 Å². The molecule has 1 aliphatic heterocycles. The van der Waals surface area contributed by atoms with E-state index in [4.69, 9.17) is 0 Å². The maximum Gasteiger partial charge on any atom is 0.326 e. The summed E-state index contributed by atoms with van der Waals surface area (Å²) in [4.78, 5) is 28.1. The molecule has 1 unspecified atom stereocenters. The van der Waals surface area contributed by atoms with Gasteiger partial charge in [-0.25, -0.2) is 9.59 Å². The molecule has 1 saturated heterocycles. The zero-order valence-electron chi connectivity index (χ0n) is 11.6. The maximum absolute atomic E-state index is 12.5. The van der Waals surface area contributed by atoms with Crippen molar-refractivity contribution >= 4 is 23.3 Å². The van der Waals surface area contributed by atoms with E-state index >= 15 is 0 Å². The first-order chi connectivity index (χ1) is 9.59. The second kappa shape index (κ2) is 6.74. The number of carbonyl (C=O) groups excluding carboxylic acids is 1. The number of rotatable bonds is 3. The van der Waals surface area contributed by atoms with Gasteiger partial charge in [0, 0.05) is 18.5 Å². The van der Waals surface area contributed by atoms with Crippen molar-refractivity contribution in [1.29, 1.82) is 0 Å². The number of carboxylic acid groups (broad SMARTS) is 1. The molecule has 1 fully saturated rings. The van der Waals surface area contributed by atoms with Gasteiger partial charge in [-0.3, -0.25) is 0 Å². The number of urea groups is 1. The summed E-state index contributed by atoms with van der Waals surface area (Å²) in [7, 11) is 1.73. The molecule has 110 valence electrons. The number of thiophene rings is 1. The first kappa shape index (κ1) is 14.8. The highest BCUT2D eigenvalue weighted by Crippen LogP contribution is 2.20. The third-order valence-corrected chi connectivity index (χ3v) is 4.44. The highest BCUT2D eigenvalue weighted by Gasteiger charge is 2.32. The Hall–Kier alpha value is -1.56. The minimum Gasteiger partial charge on any atom is -0.480 e. The van der Waals surface area contributed by atoms with E-state index in [2.05, 4.69) is 0 Å². The Morgan fingerprint density at radius 3 is 2.90 bits per heavy atom. The topological polar surface area (TPSA) is 60.9 Å². The van der Waals surface area contributed by atoms with Crippen LogP contribution in [0, 0.1) is 0 Å². The summed E-state index contributed by atoms with van der Waals surface area (Å²) >= 11 is 1.60. The van der Waals surface area contributed by atoms with Crippen molar-refractivity contribution in [2.24, 2.45) is 0 Å². The fourth-order valence-electron chi connectivity index (χ4n) is 2.52. The number of hydrogen-bond donors (Lipinski definition) is 1. The first-order valence-electron chi connectivity index (χ1n) is 6.86. The summed E-state index contributed by atoms with van der Waals surface area (Å²) in [5.41, 5.74) is 0. The van der Waals surface area contributed by atoms with Crippen molar-refractivity contribution in [3.05, 3.63) is 22.4 Å². The summed E-state index contributed by atoms with van der Waals surface area (Å²) < 4.78 is 0. The number of aliphatic carboxylic acids is 1. The van der Waals surface area contributed by atoms with Gasteiger partial charge in [0.15, 0.2) is 0 Å². The van der Waals surface area contributed by atoms with E-state index in [0.29, 0.717) is 19.5 Å². The molecule has 2 heterocycles. The third kappa shape index (κ3) is 3.50. The Morgan fingerprint density at radius 1 is 1.45 bits per heavy atom. The normalized spacial score (nSPS) is 19.4. The molecule has 1 aliphatic rings. The SMILES string of the molecule is CN(Cc1cccs1)C(=O)N1CCCCCC1C(=O)O. The van der Waals surface area contributed by atoms with Crippen molar-refractivity contribution in [2.75, 3.05) is 13.6 Å². The van der Waals surface area contributed by atoms with Crippen LogP contribution in [0.5, 0.6) is 0 Å². The van der Waals surface area contributed by atoms with Gasteiger partial charge in [-0.2, -0.15) is 0 Å². The monoisotopic (exact) mass is 296 g/mol. The molecule has 1 aromatic rings. The lowest BCUT2D eigenvalue weighted by Crippen LogP contribution is -2.49. The van der Waals surface area contributed by atoms with E-state index in [-0.39, 0.29) is 6.03 Å². The lowest BCUT2D eigenvalue weighted by molar-refractivity contribution is -0.142. The summed E-state index contributed by atoms with van der Waals surface area (Å²) in [5.74, 6) is -0.898. The molecule has 0 radical (unpaired) electrons. The minimum absolute atomic E-state index is 0.187. The van der Waals surface area contributed by atoms with E-state index in [1.54, 1.807) is 23.3 Å². The van der Waals surface area contributed by atoms with Crippen LogP contribution in [0.1, 0.15) is 30.6 Å². The molecule has 1 N–H and O–H groups in total. The van der Waals surface area contributed by atoms with Gasteiger partial charge in [0.05, 0.1) is 6.54 Å². The quantitative estimate of drug-likeness (QED) is 0.932. The molecular weight excluding hydrogens is 276 g/mol. The zero-order chi connectivity index (χ0) is 14.5. The fraction of sp³-hybridized carbons (Fsp3) is 0.571. The summed E-state index contributed by atoms with van der Waals surface area (Å²) in [6, 6.07) is 3.05. The van der Waals surface area contributed by atoms with Crippen molar-refractivity contribution in [2.45, 2.75) is 38.3 Å². The third-order valence-electron chi connectivity index (χ3n) is 3.58. The largest absolute Gasteiger partial charge is 0.480 e. The number of carbonyl (C=O) groups is 2.